The summed E-state index contributed by atoms with van der Waals surface area (Å²) in [6.45, 7) is 8.74. The Labute approximate surface area is 179 Å². The van der Waals surface area contributed by atoms with E-state index in [4.69, 9.17) is 19.7 Å². The van der Waals surface area contributed by atoms with Gasteiger partial charge in [-0.05, 0) is 36.1 Å². The first-order valence-corrected chi connectivity index (χ1v) is 10.6. The number of hydrogen-bond acceptors (Lipinski definition) is 8. The van der Waals surface area contributed by atoms with Gasteiger partial charge in [-0.1, -0.05) is 44.7 Å². The molecule has 9 heteroatoms. The van der Waals surface area contributed by atoms with Crippen molar-refractivity contribution in [3.8, 4) is 5.75 Å². The second-order valence-electron chi connectivity index (χ2n) is 7.60. The zero-order valence-electron chi connectivity index (χ0n) is 17.5. The Morgan fingerprint density at radius 2 is 1.93 bits per heavy atom. The average Bonchev–Trinajstić information content (AvgIpc) is 3.31. The Morgan fingerprint density at radius 1 is 1.20 bits per heavy atom. The van der Waals surface area contributed by atoms with Gasteiger partial charge in [0.15, 0.2) is 5.82 Å². The Morgan fingerprint density at radius 3 is 2.60 bits per heavy atom. The van der Waals surface area contributed by atoms with Crippen LogP contribution in [0.3, 0.4) is 0 Å². The van der Waals surface area contributed by atoms with Gasteiger partial charge in [0.05, 0.1) is 18.6 Å². The average molecular weight is 431 g/mol. The van der Waals surface area contributed by atoms with Crippen LogP contribution in [0.2, 0.25) is 0 Å². The SMILES string of the molecule is CCOC(=O)c1ccoc1CSc1nnc(COc2ccc(C(C)(C)C)cc2)n1N. The molecule has 160 valence electrons. The first-order valence-electron chi connectivity index (χ1n) is 9.58. The number of esters is 1. The summed E-state index contributed by atoms with van der Waals surface area (Å²) in [6.07, 6.45) is 1.46. The summed E-state index contributed by atoms with van der Waals surface area (Å²) in [5.41, 5.74) is 1.72. The molecule has 0 atom stereocenters. The van der Waals surface area contributed by atoms with Crippen LogP contribution in [0.4, 0.5) is 0 Å². The number of ether oxygens (including phenoxy) is 2. The lowest BCUT2D eigenvalue weighted by Gasteiger charge is -2.19. The highest BCUT2D eigenvalue weighted by Gasteiger charge is 2.18. The number of nitrogens with zero attached hydrogens (tertiary/aromatic N) is 3. The normalized spacial score (nSPS) is 11.5. The summed E-state index contributed by atoms with van der Waals surface area (Å²) >= 11 is 1.31. The molecule has 0 amide bonds. The van der Waals surface area contributed by atoms with E-state index in [0.29, 0.717) is 34.7 Å². The first kappa shape index (κ1) is 21.8. The molecule has 0 aliphatic rings. The molecule has 0 unspecified atom stereocenters. The van der Waals surface area contributed by atoms with Gasteiger partial charge in [0.1, 0.15) is 23.7 Å². The number of carbonyl (C=O) groups is 1. The molecule has 0 saturated heterocycles. The number of rotatable bonds is 8. The topological polar surface area (TPSA) is 105 Å². The molecule has 0 bridgehead atoms. The summed E-state index contributed by atoms with van der Waals surface area (Å²) in [7, 11) is 0. The lowest BCUT2D eigenvalue weighted by Crippen LogP contribution is -2.16. The van der Waals surface area contributed by atoms with Crippen LogP contribution in [0.1, 0.15) is 55.2 Å². The van der Waals surface area contributed by atoms with Gasteiger partial charge >= 0.3 is 5.97 Å². The van der Waals surface area contributed by atoms with Gasteiger partial charge in [-0.3, -0.25) is 0 Å². The number of thioether (sulfide) groups is 1. The van der Waals surface area contributed by atoms with E-state index < -0.39 is 5.97 Å². The third-order valence-electron chi connectivity index (χ3n) is 4.40. The molecule has 0 aliphatic heterocycles. The van der Waals surface area contributed by atoms with Crippen LogP contribution in [0.15, 0.2) is 46.2 Å². The van der Waals surface area contributed by atoms with Gasteiger partial charge in [0.25, 0.3) is 0 Å². The van der Waals surface area contributed by atoms with Gasteiger partial charge in [-0.15, -0.1) is 10.2 Å². The number of carbonyl (C=O) groups excluding carboxylic acids is 1. The van der Waals surface area contributed by atoms with Gasteiger partial charge in [-0.2, -0.15) is 0 Å². The molecule has 3 aromatic rings. The minimum Gasteiger partial charge on any atom is -0.486 e. The van der Waals surface area contributed by atoms with Crippen molar-refractivity contribution in [2.45, 2.75) is 50.6 Å². The quantitative estimate of drug-likeness (QED) is 0.326. The van der Waals surface area contributed by atoms with Crippen molar-refractivity contribution < 1.29 is 18.7 Å². The molecular weight excluding hydrogens is 404 g/mol. The van der Waals surface area contributed by atoms with Gasteiger partial charge in [0.2, 0.25) is 5.16 Å². The van der Waals surface area contributed by atoms with Gasteiger partial charge < -0.3 is 19.7 Å². The molecule has 2 heterocycles. The fourth-order valence-corrected chi connectivity index (χ4v) is 3.50. The second kappa shape index (κ2) is 9.25. The van der Waals surface area contributed by atoms with E-state index in [1.54, 1.807) is 13.0 Å². The molecule has 2 aromatic heterocycles. The number of nitrogen functional groups attached to an aromatic ring is 1. The molecule has 0 saturated carbocycles. The highest BCUT2D eigenvalue weighted by Crippen LogP contribution is 2.26. The van der Waals surface area contributed by atoms with Crippen molar-refractivity contribution in [1.29, 1.82) is 0 Å². The minimum atomic E-state index is -0.414. The van der Waals surface area contributed by atoms with Crippen molar-refractivity contribution in [1.82, 2.24) is 14.9 Å². The van der Waals surface area contributed by atoms with Crippen LogP contribution >= 0.6 is 11.8 Å². The molecule has 30 heavy (non-hydrogen) atoms. The van der Waals surface area contributed by atoms with E-state index in [0.717, 1.165) is 5.75 Å². The van der Waals surface area contributed by atoms with E-state index >= 15 is 0 Å². The van der Waals surface area contributed by atoms with E-state index in [1.165, 1.54) is 28.3 Å². The monoisotopic (exact) mass is 430 g/mol. The maximum Gasteiger partial charge on any atom is 0.341 e. The Bertz CT molecular complexity index is 989. The van der Waals surface area contributed by atoms with E-state index in [1.807, 2.05) is 24.3 Å². The molecule has 0 aliphatic carbocycles. The molecule has 3 rings (SSSR count). The number of benzene rings is 1. The molecule has 0 spiro atoms. The molecule has 8 nitrogen and oxygen atoms in total. The predicted molar refractivity (Wildman–Crippen MR) is 114 cm³/mol. The number of aromatic nitrogens is 3. The largest absolute Gasteiger partial charge is 0.486 e. The maximum absolute atomic E-state index is 11.9. The standard InChI is InChI=1S/C21H26N4O4S/c1-5-27-19(26)16-10-11-28-17(16)13-30-20-24-23-18(25(20)22)12-29-15-8-6-14(7-9-15)21(2,3)4/h6-11H,5,12-13,22H2,1-4H3. The lowest BCUT2D eigenvalue weighted by molar-refractivity contribution is 0.0524. The summed E-state index contributed by atoms with van der Waals surface area (Å²) in [5.74, 6) is 7.77. The van der Waals surface area contributed by atoms with Crippen LogP contribution in [0.5, 0.6) is 5.75 Å². The summed E-state index contributed by atoms with van der Waals surface area (Å²) in [6, 6.07) is 9.55. The lowest BCUT2D eigenvalue weighted by atomic mass is 9.87. The Hall–Kier alpha value is -2.94. The van der Waals surface area contributed by atoms with Crippen LogP contribution in [0, 0.1) is 0 Å². The second-order valence-corrected chi connectivity index (χ2v) is 8.54. The fourth-order valence-electron chi connectivity index (χ4n) is 2.68. The summed E-state index contributed by atoms with van der Waals surface area (Å²) < 4.78 is 17.6. The van der Waals surface area contributed by atoms with Gasteiger partial charge in [-0.25, -0.2) is 9.47 Å². The van der Waals surface area contributed by atoms with Crippen molar-refractivity contribution >= 4 is 17.7 Å². The third-order valence-corrected chi connectivity index (χ3v) is 5.34. The van der Waals surface area contributed by atoms with E-state index in [9.17, 15) is 4.79 Å². The van der Waals surface area contributed by atoms with Crippen LogP contribution in [0.25, 0.3) is 0 Å². The minimum absolute atomic E-state index is 0.0865. The van der Waals surface area contributed by atoms with E-state index in [2.05, 4.69) is 31.0 Å². The highest BCUT2D eigenvalue weighted by molar-refractivity contribution is 7.98. The first-order chi connectivity index (χ1) is 14.3. The zero-order valence-corrected chi connectivity index (χ0v) is 18.4. The highest BCUT2D eigenvalue weighted by atomic mass is 32.2. The van der Waals surface area contributed by atoms with Crippen LogP contribution in [-0.4, -0.2) is 27.4 Å². The zero-order chi connectivity index (χ0) is 21.7. The summed E-state index contributed by atoms with van der Waals surface area (Å²) in [4.78, 5) is 11.9. The molecule has 1 aromatic carbocycles. The predicted octanol–water partition coefficient (Wildman–Crippen LogP) is 3.93. The fraction of sp³-hybridized carbons (Fsp3) is 0.381. The number of nitrogens with two attached hydrogens (primary N) is 1. The van der Waals surface area contributed by atoms with Crippen molar-refractivity contribution in [3.05, 3.63) is 59.3 Å². The molecule has 0 radical (unpaired) electrons. The van der Waals surface area contributed by atoms with Gasteiger partial charge in [0, 0.05) is 0 Å². The maximum atomic E-state index is 11.9. The summed E-state index contributed by atoms with van der Waals surface area (Å²) in [5, 5.41) is 8.68. The van der Waals surface area contributed by atoms with Crippen molar-refractivity contribution in [2.24, 2.45) is 0 Å². The van der Waals surface area contributed by atoms with Crippen molar-refractivity contribution in [3.63, 3.8) is 0 Å². The Balaban J connectivity index is 1.59. The van der Waals surface area contributed by atoms with Crippen LogP contribution < -0.4 is 10.6 Å². The number of furan rings is 1. The van der Waals surface area contributed by atoms with E-state index in [-0.39, 0.29) is 12.0 Å². The molecular formula is C21H26N4O4S. The Kier molecular flexibility index (Phi) is 6.71. The number of hydrogen-bond donors (Lipinski definition) is 1. The van der Waals surface area contributed by atoms with Crippen molar-refractivity contribution in [2.75, 3.05) is 12.4 Å². The smallest absolute Gasteiger partial charge is 0.341 e. The van der Waals surface area contributed by atoms with Crippen LogP contribution in [-0.2, 0) is 22.5 Å². The third kappa shape index (κ3) is 5.15. The molecule has 0 fully saturated rings. The molecule has 2 N–H and O–H groups in total.